The summed E-state index contributed by atoms with van der Waals surface area (Å²) in [6, 6.07) is 9.71. The number of aliphatic hydroxyl groups excluding tert-OH is 2. The molecule has 7 heteroatoms. The Morgan fingerprint density at radius 1 is 1.12 bits per heavy atom. The number of likely N-dealkylation sites (tertiary alicyclic amines) is 1. The predicted molar refractivity (Wildman–Crippen MR) is 126 cm³/mol. The minimum Gasteiger partial charge on any atom is -0.488 e. The summed E-state index contributed by atoms with van der Waals surface area (Å²) in [6.07, 6.45) is 3.18. The van der Waals surface area contributed by atoms with Crippen LogP contribution in [0.1, 0.15) is 52.4 Å². The SMILES string of the molecule is C[C@@]12CO[C@@H](COc3ccccc3)O[C@@H]1CC[C@]1(C)[C@H]2CC[C@@H](O)[C@H]1CC(=O)N1CC[C@@H](O)C1. The molecule has 0 unspecified atom stereocenters. The van der Waals surface area contributed by atoms with Crippen molar-refractivity contribution in [2.45, 2.75) is 77.0 Å². The molecule has 2 aliphatic carbocycles. The van der Waals surface area contributed by atoms with Gasteiger partial charge in [0.2, 0.25) is 5.91 Å². The summed E-state index contributed by atoms with van der Waals surface area (Å²) in [5, 5.41) is 20.9. The molecule has 8 atom stereocenters. The fraction of sp³-hybridized carbons (Fsp3) is 0.741. The number of aliphatic hydroxyl groups is 2. The van der Waals surface area contributed by atoms with Crippen molar-refractivity contribution in [1.29, 1.82) is 0 Å². The minimum absolute atomic E-state index is 0.0593. The van der Waals surface area contributed by atoms with E-state index in [1.807, 2.05) is 30.3 Å². The van der Waals surface area contributed by atoms with E-state index in [0.29, 0.717) is 51.5 Å². The van der Waals surface area contributed by atoms with E-state index >= 15 is 0 Å². The summed E-state index contributed by atoms with van der Waals surface area (Å²) < 4.78 is 18.5. The molecule has 2 heterocycles. The lowest BCUT2D eigenvalue weighted by atomic mass is 9.46. The molecule has 34 heavy (non-hydrogen) atoms. The number of carbonyl (C=O) groups is 1. The minimum atomic E-state index is -0.477. The molecule has 0 spiro atoms. The average Bonchev–Trinajstić information content (AvgIpc) is 3.27. The molecule has 2 aliphatic heterocycles. The Kier molecular flexibility index (Phi) is 6.66. The molecule has 7 nitrogen and oxygen atoms in total. The number of rotatable bonds is 5. The average molecular weight is 474 g/mol. The lowest BCUT2D eigenvalue weighted by Crippen LogP contribution is -2.63. The quantitative estimate of drug-likeness (QED) is 0.684. The molecule has 0 aromatic heterocycles. The van der Waals surface area contributed by atoms with Crippen LogP contribution in [0.4, 0.5) is 0 Å². The molecule has 0 bridgehead atoms. The Hall–Kier alpha value is -1.67. The fourth-order valence-electron chi connectivity index (χ4n) is 7.34. The molecule has 188 valence electrons. The molecule has 5 rings (SSSR count). The van der Waals surface area contributed by atoms with Gasteiger partial charge < -0.3 is 29.3 Å². The maximum atomic E-state index is 13.1. The van der Waals surface area contributed by atoms with Crippen molar-refractivity contribution in [3.8, 4) is 5.75 Å². The first-order chi connectivity index (χ1) is 16.3. The second-order valence-electron chi connectivity index (χ2n) is 11.3. The number of amides is 1. The highest BCUT2D eigenvalue weighted by atomic mass is 16.7. The summed E-state index contributed by atoms with van der Waals surface area (Å²) >= 11 is 0. The van der Waals surface area contributed by atoms with Crippen molar-refractivity contribution in [2.75, 3.05) is 26.3 Å². The monoisotopic (exact) mass is 473 g/mol. The normalized spacial score (nSPS) is 42.1. The number of benzene rings is 1. The van der Waals surface area contributed by atoms with E-state index in [4.69, 9.17) is 14.2 Å². The van der Waals surface area contributed by atoms with E-state index in [-0.39, 0.29) is 28.8 Å². The van der Waals surface area contributed by atoms with Gasteiger partial charge in [-0.05, 0) is 61.5 Å². The van der Waals surface area contributed by atoms with Gasteiger partial charge in [-0.3, -0.25) is 4.79 Å². The smallest absolute Gasteiger partial charge is 0.223 e. The highest BCUT2D eigenvalue weighted by Gasteiger charge is 2.61. The summed E-state index contributed by atoms with van der Waals surface area (Å²) in [5.74, 6) is 1.08. The van der Waals surface area contributed by atoms with Gasteiger partial charge in [0.25, 0.3) is 0 Å². The van der Waals surface area contributed by atoms with Gasteiger partial charge in [-0.25, -0.2) is 0 Å². The standard InChI is InChI=1S/C27H39NO6/c1-26-12-10-23-27(2,17-33-25(34-23)16-32-19-6-4-3-5-7-19)22(26)9-8-21(30)20(26)14-24(31)28-13-11-18(29)15-28/h3-7,18,20-23,25,29-30H,8-17H2,1-2H3/t18-,20-,21-,22-,23-,25-,26+,27+/m1/s1. The number of fused-ring (bicyclic) bond motifs is 3. The summed E-state index contributed by atoms with van der Waals surface area (Å²) in [7, 11) is 0. The first kappa shape index (κ1) is 24.0. The molecule has 2 N–H and O–H groups in total. The highest BCUT2D eigenvalue weighted by molar-refractivity contribution is 5.77. The zero-order valence-corrected chi connectivity index (χ0v) is 20.4. The number of ether oxygens (including phenoxy) is 3. The summed E-state index contributed by atoms with van der Waals surface area (Å²) in [5.41, 5.74) is -0.321. The van der Waals surface area contributed by atoms with Crippen LogP contribution in [0.5, 0.6) is 5.75 Å². The first-order valence-corrected chi connectivity index (χ1v) is 12.9. The van der Waals surface area contributed by atoms with Crippen LogP contribution < -0.4 is 4.74 Å². The van der Waals surface area contributed by atoms with Crippen molar-refractivity contribution in [2.24, 2.45) is 22.7 Å². The second-order valence-corrected chi connectivity index (χ2v) is 11.3. The Balaban J connectivity index is 1.26. The lowest BCUT2D eigenvalue weighted by Gasteiger charge is -2.63. The molecular formula is C27H39NO6. The molecule has 2 saturated heterocycles. The van der Waals surface area contributed by atoms with Gasteiger partial charge in [0.15, 0.2) is 6.29 Å². The zero-order chi connectivity index (χ0) is 23.9. The van der Waals surface area contributed by atoms with Crippen LogP contribution in [0.15, 0.2) is 30.3 Å². The van der Waals surface area contributed by atoms with E-state index in [1.165, 1.54) is 0 Å². The topological polar surface area (TPSA) is 88.5 Å². The summed E-state index contributed by atoms with van der Waals surface area (Å²) in [6.45, 7) is 6.50. The number of hydrogen-bond acceptors (Lipinski definition) is 6. The molecule has 1 amide bonds. The number of hydrogen-bond donors (Lipinski definition) is 2. The Bertz CT molecular complexity index is 866. The van der Waals surface area contributed by atoms with Crippen molar-refractivity contribution in [3.05, 3.63) is 30.3 Å². The van der Waals surface area contributed by atoms with E-state index in [0.717, 1.165) is 25.0 Å². The number of nitrogens with zero attached hydrogens (tertiary/aromatic N) is 1. The largest absolute Gasteiger partial charge is 0.488 e. The van der Waals surface area contributed by atoms with Gasteiger partial charge in [0, 0.05) is 24.9 Å². The van der Waals surface area contributed by atoms with Crippen LogP contribution in [-0.2, 0) is 14.3 Å². The van der Waals surface area contributed by atoms with E-state index in [9.17, 15) is 15.0 Å². The van der Waals surface area contributed by atoms with Gasteiger partial charge >= 0.3 is 0 Å². The van der Waals surface area contributed by atoms with Crippen LogP contribution >= 0.6 is 0 Å². The Morgan fingerprint density at radius 2 is 1.91 bits per heavy atom. The molecule has 4 fully saturated rings. The van der Waals surface area contributed by atoms with Gasteiger partial charge in [-0.2, -0.15) is 0 Å². The van der Waals surface area contributed by atoms with Gasteiger partial charge in [0.05, 0.1) is 24.9 Å². The van der Waals surface area contributed by atoms with E-state index < -0.39 is 18.5 Å². The predicted octanol–water partition coefficient (Wildman–Crippen LogP) is 2.98. The number of para-hydroxylation sites is 1. The van der Waals surface area contributed by atoms with Crippen LogP contribution in [0.2, 0.25) is 0 Å². The number of β-amino-alcohol motifs (C(OH)–C–C–N with tert-alkyl or cyclic N) is 1. The fourth-order valence-corrected chi connectivity index (χ4v) is 7.34. The van der Waals surface area contributed by atoms with Crippen molar-refractivity contribution in [3.63, 3.8) is 0 Å². The van der Waals surface area contributed by atoms with Crippen molar-refractivity contribution >= 4 is 5.91 Å². The van der Waals surface area contributed by atoms with Gasteiger partial charge in [-0.15, -0.1) is 0 Å². The van der Waals surface area contributed by atoms with E-state index in [2.05, 4.69) is 13.8 Å². The Morgan fingerprint density at radius 3 is 2.65 bits per heavy atom. The maximum absolute atomic E-state index is 13.1. The third kappa shape index (κ3) is 4.36. The molecule has 0 radical (unpaired) electrons. The van der Waals surface area contributed by atoms with Gasteiger partial charge in [-0.1, -0.05) is 32.0 Å². The zero-order valence-electron chi connectivity index (χ0n) is 20.4. The van der Waals surface area contributed by atoms with Crippen molar-refractivity contribution in [1.82, 2.24) is 4.90 Å². The number of carbonyl (C=O) groups excluding carboxylic acids is 1. The molecule has 2 saturated carbocycles. The third-order valence-electron chi connectivity index (χ3n) is 9.27. The van der Waals surface area contributed by atoms with Crippen LogP contribution in [0, 0.1) is 22.7 Å². The van der Waals surface area contributed by atoms with Crippen molar-refractivity contribution < 1.29 is 29.2 Å². The second kappa shape index (κ2) is 9.41. The molecular weight excluding hydrogens is 434 g/mol. The van der Waals surface area contributed by atoms with Crippen LogP contribution in [0.3, 0.4) is 0 Å². The van der Waals surface area contributed by atoms with Crippen LogP contribution in [-0.4, -0.2) is 71.9 Å². The van der Waals surface area contributed by atoms with Crippen LogP contribution in [0.25, 0.3) is 0 Å². The third-order valence-corrected chi connectivity index (χ3v) is 9.27. The summed E-state index contributed by atoms with van der Waals surface area (Å²) in [4.78, 5) is 14.8. The first-order valence-electron chi connectivity index (χ1n) is 12.9. The Labute approximate surface area is 202 Å². The molecule has 4 aliphatic rings. The maximum Gasteiger partial charge on any atom is 0.223 e. The highest BCUT2D eigenvalue weighted by Crippen LogP contribution is 2.62. The van der Waals surface area contributed by atoms with Gasteiger partial charge in [0.1, 0.15) is 12.4 Å². The van der Waals surface area contributed by atoms with E-state index in [1.54, 1.807) is 4.90 Å². The molecule has 1 aromatic rings. The lowest BCUT2D eigenvalue weighted by molar-refractivity contribution is -0.313. The molecule has 1 aromatic carbocycles.